The van der Waals surface area contributed by atoms with Crippen molar-refractivity contribution in [2.75, 3.05) is 7.11 Å². The molecule has 0 aromatic carbocycles. The lowest BCUT2D eigenvalue weighted by Crippen LogP contribution is -2.02. The molecule has 0 saturated carbocycles. The highest BCUT2D eigenvalue weighted by molar-refractivity contribution is 9.10. The van der Waals surface area contributed by atoms with E-state index in [4.69, 9.17) is 4.74 Å². The Labute approximate surface area is 135 Å². The molecular weight excluding hydrogens is 348 g/mol. The molecule has 0 amide bonds. The van der Waals surface area contributed by atoms with E-state index in [0.717, 1.165) is 26.0 Å². The number of aryl methyl sites for hydroxylation is 1. The molecule has 0 spiro atoms. The number of fused-ring (bicyclic) bond motifs is 1. The number of carbonyl (C=O) groups excluding carboxylic acids is 1. The molecular formula is C17H13BrO2S. The first-order chi connectivity index (χ1) is 10.1. The van der Waals surface area contributed by atoms with Crippen molar-refractivity contribution in [3.63, 3.8) is 0 Å². The molecule has 1 aromatic heterocycles. The molecule has 4 heteroatoms. The van der Waals surface area contributed by atoms with E-state index < -0.39 is 0 Å². The summed E-state index contributed by atoms with van der Waals surface area (Å²) in [6, 6.07) is 11.9. The van der Waals surface area contributed by atoms with Crippen molar-refractivity contribution < 1.29 is 9.53 Å². The highest BCUT2D eigenvalue weighted by Gasteiger charge is 2.27. The fourth-order valence-electron chi connectivity index (χ4n) is 2.44. The molecule has 3 rings (SSSR count). The summed E-state index contributed by atoms with van der Waals surface area (Å²) in [6.45, 7) is 2.05. The maximum atomic E-state index is 12.3. The van der Waals surface area contributed by atoms with Crippen LogP contribution in [0.25, 0.3) is 21.6 Å². The molecule has 2 aliphatic rings. The number of rotatable bonds is 2. The zero-order valence-electron chi connectivity index (χ0n) is 11.6. The third kappa shape index (κ3) is 2.39. The molecule has 0 fully saturated rings. The van der Waals surface area contributed by atoms with Crippen molar-refractivity contribution in [2.45, 2.75) is 6.92 Å². The minimum absolute atomic E-state index is 0.307. The standard InChI is InChI=1S/C17H13BrO2S/c1-10-8-13(21-9-10)15-14(17(19)20-2)11-6-4-3-5-7-12(11)16(15)18/h3-9H,1-2H3. The predicted octanol–water partition coefficient (Wildman–Crippen LogP) is 5.38. The first-order valence-electron chi connectivity index (χ1n) is 6.47. The smallest absolute Gasteiger partial charge is 0.339 e. The lowest BCUT2D eigenvalue weighted by Gasteiger charge is -2.02. The number of carbonyl (C=O) groups is 1. The molecule has 106 valence electrons. The van der Waals surface area contributed by atoms with Crippen LogP contribution >= 0.6 is 27.3 Å². The Morgan fingerprint density at radius 1 is 1.19 bits per heavy atom. The molecule has 0 radical (unpaired) electrons. The summed E-state index contributed by atoms with van der Waals surface area (Å²) in [4.78, 5) is 13.4. The predicted molar refractivity (Wildman–Crippen MR) is 90.2 cm³/mol. The van der Waals surface area contributed by atoms with Gasteiger partial charge in [0.15, 0.2) is 0 Å². The lowest BCUT2D eigenvalue weighted by atomic mass is 10.1. The molecule has 0 atom stereocenters. The fraction of sp³-hybridized carbons (Fsp3) is 0.118. The quantitative estimate of drug-likeness (QED) is 0.573. The van der Waals surface area contributed by atoms with E-state index in [2.05, 4.69) is 27.4 Å². The van der Waals surface area contributed by atoms with E-state index in [1.54, 1.807) is 11.3 Å². The van der Waals surface area contributed by atoms with E-state index in [0.29, 0.717) is 5.56 Å². The summed E-state index contributed by atoms with van der Waals surface area (Å²) in [5.74, 6) is -0.307. The van der Waals surface area contributed by atoms with Crippen LogP contribution in [0.4, 0.5) is 0 Å². The Kier molecular flexibility index (Phi) is 3.83. The molecule has 1 aromatic rings. The van der Waals surface area contributed by atoms with Crippen LogP contribution in [0.3, 0.4) is 0 Å². The van der Waals surface area contributed by atoms with Crippen molar-refractivity contribution in [1.82, 2.24) is 0 Å². The topological polar surface area (TPSA) is 26.3 Å². The first-order valence-corrected chi connectivity index (χ1v) is 8.14. The maximum absolute atomic E-state index is 12.3. The molecule has 0 saturated heterocycles. The van der Waals surface area contributed by atoms with Gasteiger partial charge in [-0.25, -0.2) is 4.79 Å². The van der Waals surface area contributed by atoms with Gasteiger partial charge in [0.25, 0.3) is 0 Å². The molecule has 21 heavy (non-hydrogen) atoms. The second-order valence-electron chi connectivity index (χ2n) is 4.78. The average molecular weight is 361 g/mol. The van der Waals surface area contributed by atoms with Gasteiger partial charge in [-0.3, -0.25) is 0 Å². The fourth-order valence-corrected chi connectivity index (χ4v) is 4.29. The normalized spacial score (nSPS) is 10.8. The Bertz CT molecular complexity index is 791. The van der Waals surface area contributed by atoms with Crippen LogP contribution in [0.1, 0.15) is 15.9 Å². The van der Waals surface area contributed by atoms with Crippen molar-refractivity contribution in [1.29, 1.82) is 0 Å². The van der Waals surface area contributed by atoms with Crippen LogP contribution in [-0.4, -0.2) is 13.1 Å². The van der Waals surface area contributed by atoms with Gasteiger partial charge < -0.3 is 4.74 Å². The van der Waals surface area contributed by atoms with Crippen LogP contribution in [0.5, 0.6) is 0 Å². The number of hydrogen-bond donors (Lipinski definition) is 0. The second kappa shape index (κ2) is 5.62. The molecule has 2 nitrogen and oxygen atoms in total. The zero-order valence-corrected chi connectivity index (χ0v) is 14.0. The number of methoxy groups -OCH3 is 1. The number of esters is 1. The first kappa shape index (κ1) is 14.3. The van der Waals surface area contributed by atoms with Gasteiger partial charge in [0.2, 0.25) is 0 Å². The molecule has 1 heterocycles. The minimum Gasteiger partial charge on any atom is -0.465 e. The SMILES string of the molecule is COC(=O)c1c2cccccc-2c(Br)c1-c1cc(C)cs1. The third-order valence-corrected chi connectivity index (χ3v) is 5.27. The lowest BCUT2D eigenvalue weighted by molar-refractivity contribution is 0.0603. The van der Waals surface area contributed by atoms with Crippen LogP contribution < -0.4 is 0 Å². The summed E-state index contributed by atoms with van der Waals surface area (Å²) < 4.78 is 5.94. The number of ether oxygens (including phenoxy) is 1. The highest BCUT2D eigenvalue weighted by Crippen LogP contribution is 2.47. The van der Waals surface area contributed by atoms with Crippen LogP contribution in [0.15, 0.2) is 46.3 Å². The summed E-state index contributed by atoms with van der Waals surface area (Å²) in [5, 5.41) is 2.08. The van der Waals surface area contributed by atoms with Crippen LogP contribution in [0.2, 0.25) is 0 Å². The van der Waals surface area contributed by atoms with E-state index >= 15 is 0 Å². The molecule has 0 aliphatic heterocycles. The summed E-state index contributed by atoms with van der Waals surface area (Å²) in [5.41, 5.74) is 4.65. The second-order valence-corrected chi connectivity index (χ2v) is 6.49. The Hall–Kier alpha value is -1.65. The molecule has 2 aliphatic carbocycles. The number of hydrogen-bond acceptors (Lipinski definition) is 3. The monoisotopic (exact) mass is 360 g/mol. The third-order valence-electron chi connectivity index (χ3n) is 3.38. The van der Waals surface area contributed by atoms with E-state index in [1.807, 2.05) is 37.3 Å². The van der Waals surface area contributed by atoms with Gasteiger partial charge in [0.05, 0.1) is 12.7 Å². The van der Waals surface area contributed by atoms with E-state index in [1.165, 1.54) is 12.7 Å². The van der Waals surface area contributed by atoms with Gasteiger partial charge in [-0.15, -0.1) is 11.3 Å². The van der Waals surface area contributed by atoms with Crippen molar-refractivity contribution in [2.24, 2.45) is 0 Å². The Morgan fingerprint density at radius 3 is 2.52 bits per heavy atom. The number of halogens is 1. The largest absolute Gasteiger partial charge is 0.465 e. The van der Waals surface area contributed by atoms with Gasteiger partial charge in [-0.2, -0.15) is 0 Å². The summed E-state index contributed by atoms with van der Waals surface area (Å²) in [7, 11) is 1.42. The van der Waals surface area contributed by atoms with Gasteiger partial charge in [0, 0.05) is 14.9 Å². The molecule has 0 unspecified atom stereocenters. The zero-order chi connectivity index (χ0) is 15.0. The average Bonchev–Trinajstić information content (AvgIpc) is 2.90. The Balaban J connectivity index is 2.39. The van der Waals surface area contributed by atoms with Crippen molar-refractivity contribution in [3.8, 4) is 21.6 Å². The van der Waals surface area contributed by atoms with Crippen LogP contribution in [-0.2, 0) is 4.74 Å². The summed E-state index contributed by atoms with van der Waals surface area (Å²) >= 11 is 5.30. The highest BCUT2D eigenvalue weighted by atomic mass is 79.9. The van der Waals surface area contributed by atoms with E-state index in [-0.39, 0.29) is 5.97 Å². The maximum Gasteiger partial charge on any atom is 0.339 e. The van der Waals surface area contributed by atoms with Gasteiger partial charge in [-0.05, 0) is 51.0 Å². The van der Waals surface area contributed by atoms with Crippen LogP contribution in [0, 0.1) is 6.92 Å². The molecule has 0 bridgehead atoms. The van der Waals surface area contributed by atoms with Gasteiger partial charge >= 0.3 is 5.97 Å². The minimum atomic E-state index is -0.307. The van der Waals surface area contributed by atoms with E-state index in [9.17, 15) is 4.79 Å². The van der Waals surface area contributed by atoms with Gasteiger partial charge in [-0.1, -0.05) is 30.3 Å². The molecule has 0 N–H and O–H groups in total. The summed E-state index contributed by atoms with van der Waals surface area (Å²) in [6.07, 6.45) is 0. The van der Waals surface area contributed by atoms with Gasteiger partial charge in [0.1, 0.15) is 0 Å². The van der Waals surface area contributed by atoms with Crippen molar-refractivity contribution >= 4 is 33.2 Å². The Morgan fingerprint density at radius 2 is 1.90 bits per heavy atom. The van der Waals surface area contributed by atoms with Crippen molar-refractivity contribution in [3.05, 3.63) is 57.4 Å². The number of thiophene rings is 1.